The minimum absolute atomic E-state index is 0.128. The van der Waals surface area contributed by atoms with Gasteiger partial charge >= 0.3 is 5.97 Å². The second kappa shape index (κ2) is 9.58. The number of ether oxygens (including phenoxy) is 1. The zero-order chi connectivity index (χ0) is 22.7. The number of carbonyl (C=O) groups excluding carboxylic acids is 2. The van der Waals surface area contributed by atoms with Crippen LogP contribution < -0.4 is 5.32 Å². The van der Waals surface area contributed by atoms with Gasteiger partial charge in [-0.25, -0.2) is 9.79 Å². The maximum atomic E-state index is 12.7. The first-order valence-corrected chi connectivity index (χ1v) is 11.2. The molecule has 0 bridgehead atoms. The molecule has 0 unspecified atom stereocenters. The van der Waals surface area contributed by atoms with Crippen molar-refractivity contribution in [2.24, 2.45) is 4.99 Å². The molecule has 0 fully saturated rings. The van der Waals surface area contributed by atoms with E-state index in [0.717, 1.165) is 17.0 Å². The first-order chi connectivity index (χ1) is 15.5. The van der Waals surface area contributed by atoms with Crippen LogP contribution in [0.5, 0.6) is 0 Å². The summed E-state index contributed by atoms with van der Waals surface area (Å²) in [5.74, 6) is -0.620. The summed E-state index contributed by atoms with van der Waals surface area (Å²) in [7, 11) is 1.34. The maximum absolute atomic E-state index is 12.7. The number of aliphatic imine (C=N–C) groups is 1. The number of nitrogens with zero attached hydrogens (tertiary/aromatic N) is 3. The zero-order valence-corrected chi connectivity index (χ0v) is 19.1. The number of esters is 1. The number of methoxy groups -OCH3 is 1. The smallest absolute Gasteiger partial charge is 0.338 e. The summed E-state index contributed by atoms with van der Waals surface area (Å²) in [5.41, 5.74) is 3.33. The van der Waals surface area contributed by atoms with Crippen molar-refractivity contribution in [2.45, 2.75) is 25.9 Å². The van der Waals surface area contributed by atoms with Gasteiger partial charge in [-0.05, 0) is 42.2 Å². The molecule has 2 aliphatic heterocycles. The van der Waals surface area contributed by atoms with E-state index in [2.05, 4.69) is 15.3 Å². The molecule has 0 aliphatic carbocycles. The Balaban J connectivity index is 1.61. The van der Waals surface area contributed by atoms with Gasteiger partial charge in [0.2, 0.25) is 5.91 Å². The van der Waals surface area contributed by atoms with Gasteiger partial charge in [0.1, 0.15) is 0 Å². The van der Waals surface area contributed by atoms with Gasteiger partial charge in [-0.3, -0.25) is 9.78 Å². The lowest BCUT2D eigenvalue weighted by atomic mass is 9.94. The number of rotatable bonds is 6. The molecule has 1 aromatic heterocycles. The van der Waals surface area contributed by atoms with Gasteiger partial charge in [-0.2, -0.15) is 0 Å². The van der Waals surface area contributed by atoms with Crippen LogP contribution in [0.4, 0.5) is 0 Å². The monoisotopic (exact) mass is 468 g/mol. The highest BCUT2D eigenvalue weighted by Gasteiger charge is 2.41. The lowest BCUT2D eigenvalue weighted by Gasteiger charge is -2.36. The Morgan fingerprint density at radius 1 is 1.25 bits per heavy atom. The van der Waals surface area contributed by atoms with E-state index in [-0.39, 0.29) is 12.3 Å². The fourth-order valence-corrected chi connectivity index (χ4v) is 4.81. The van der Waals surface area contributed by atoms with Crippen molar-refractivity contribution in [1.82, 2.24) is 15.2 Å². The number of allylic oxidation sites excluding steroid dienone is 1. The van der Waals surface area contributed by atoms with Crippen molar-refractivity contribution in [1.29, 1.82) is 0 Å². The molecule has 0 saturated carbocycles. The van der Waals surface area contributed by atoms with Gasteiger partial charge in [0.25, 0.3) is 0 Å². The zero-order valence-electron chi connectivity index (χ0n) is 17.5. The first-order valence-electron chi connectivity index (χ1n) is 9.92. The minimum Gasteiger partial charge on any atom is -0.466 e. The Morgan fingerprint density at radius 3 is 2.81 bits per heavy atom. The maximum Gasteiger partial charge on any atom is 0.338 e. The average Bonchev–Trinajstić information content (AvgIpc) is 3.18. The minimum atomic E-state index is -0.501. The highest BCUT2D eigenvalue weighted by molar-refractivity contribution is 8.16. The number of aromatic nitrogens is 1. The van der Waals surface area contributed by atoms with E-state index < -0.39 is 12.0 Å². The number of benzene rings is 1. The summed E-state index contributed by atoms with van der Waals surface area (Å²) < 4.78 is 5.06. The average molecular weight is 469 g/mol. The number of nitrogens with one attached hydrogen (secondary N) is 1. The van der Waals surface area contributed by atoms with Crippen LogP contribution >= 0.6 is 23.4 Å². The van der Waals surface area contributed by atoms with Crippen molar-refractivity contribution in [3.05, 3.63) is 87.3 Å². The molecule has 2 aliphatic rings. The molecule has 4 rings (SSSR count). The molecule has 0 saturated heterocycles. The number of amidine groups is 1. The van der Waals surface area contributed by atoms with Crippen molar-refractivity contribution in [3.8, 4) is 0 Å². The fraction of sp³-hybridized carbons (Fsp3) is 0.217. The number of thioether (sulfide) groups is 1. The van der Waals surface area contributed by atoms with Gasteiger partial charge in [-0.15, -0.1) is 0 Å². The Labute approximate surface area is 195 Å². The molecule has 1 amide bonds. The van der Waals surface area contributed by atoms with Crippen molar-refractivity contribution in [2.75, 3.05) is 7.11 Å². The number of hydrogen-bond acceptors (Lipinski definition) is 7. The predicted molar refractivity (Wildman–Crippen MR) is 125 cm³/mol. The highest BCUT2D eigenvalue weighted by atomic mass is 35.5. The van der Waals surface area contributed by atoms with E-state index in [0.29, 0.717) is 28.0 Å². The summed E-state index contributed by atoms with van der Waals surface area (Å²) in [6, 6.07) is 12.4. The second-order valence-corrected chi connectivity index (χ2v) is 8.49. The van der Waals surface area contributed by atoms with Gasteiger partial charge in [0, 0.05) is 16.9 Å². The molecule has 7 nitrogen and oxygen atoms in total. The molecular weight excluding hydrogens is 448 g/mol. The topological polar surface area (TPSA) is 83.9 Å². The normalized spacial score (nSPS) is 17.5. The van der Waals surface area contributed by atoms with E-state index in [1.807, 2.05) is 46.7 Å². The Kier molecular flexibility index (Phi) is 6.62. The summed E-state index contributed by atoms with van der Waals surface area (Å²) in [4.78, 5) is 36.1. The molecule has 0 spiro atoms. The number of amides is 1. The van der Waals surface area contributed by atoms with E-state index in [4.69, 9.17) is 16.3 Å². The van der Waals surface area contributed by atoms with Crippen molar-refractivity contribution in [3.63, 3.8) is 0 Å². The fourth-order valence-electron chi connectivity index (χ4n) is 3.65. The standard InChI is InChI=1S/C23H21ClN4O3S/c1-14-20(22(30)31-2)21(15-6-5-7-16(24)10-15)28-18(13-32-23(28)27-14)11-19(29)26-12-17-8-3-4-9-25-17/h3-10,13,21H,11-12H2,1-2H3,(H,26,29)/t21-/m1/s1. The second-order valence-electron chi connectivity index (χ2n) is 7.21. The van der Waals surface area contributed by atoms with Crippen molar-refractivity contribution >= 4 is 40.4 Å². The molecule has 1 atom stereocenters. The number of hydrogen-bond donors (Lipinski definition) is 1. The van der Waals surface area contributed by atoms with Gasteiger partial charge in [0.05, 0.1) is 43.1 Å². The van der Waals surface area contributed by atoms with Crippen LogP contribution in [0.25, 0.3) is 0 Å². The van der Waals surface area contributed by atoms with Crippen LogP contribution in [0.3, 0.4) is 0 Å². The third-order valence-corrected chi connectivity index (χ3v) is 6.23. The molecule has 32 heavy (non-hydrogen) atoms. The molecule has 164 valence electrons. The molecular formula is C23H21ClN4O3S. The largest absolute Gasteiger partial charge is 0.466 e. The Hall–Kier alpha value is -3.10. The molecule has 1 N–H and O–H groups in total. The van der Waals surface area contributed by atoms with Gasteiger partial charge in [0.15, 0.2) is 5.17 Å². The van der Waals surface area contributed by atoms with Crippen LogP contribution in [-0.4, -0.2) is 34.0 Å². The number of fused-ring (bicyclic) bond motifs is 1. The van der Waals surface area contributed by atoms with E-state index in [1.54, 1.807) is 19.2 Å². The highest BCUT2D eigenvalue weighted by Crippen LogP contribution is 2.45. The third-order valence-electron chi connectivity index (χ3n) is 5.10. The molecule has 9 heteroatoms. The van der Waals surface area contributed by atoms with Crippen LogP contribution in [-0.2, 0) is 20.9 Å². The third kappa shape index (κ3) is 4.56. The summed E-state index contributed by atoms with van der Waals surface area (Å²) in [6.45, 7) is 2.12. The van der Waals surface area contributed by atoms with Gasteiger partial charge in [-0.1, -0.05) is 41.6 Å². The Morgan fingerprint density at radius 2 is 2.09 bits per heavy atom. The van der Waals surface area contributed by atoms with E-state index >= 15 is 0 Å². The summed E-state index contributed by atoms with van der Waals surface area (Å²) in [5, 5.41) is 6.05. The summed E-state index contributed by atoms with van der Waals surface area (Å²) >= 11 is 7.67. The van der Waals surface area contributed by atoms with E-state index in [1.165, 1.54) is 18.9 Å². The molecule has 2 aromatic rings. The van der Waals surface area contributed by atoms with E-state index in [9.17, 15) is 9.59 Å². The predicted octanol–water partition coefficient (Wildman–Crippen LogP) is 4.19. The number of halogens is 1. The number of pyridine rings is 1. The van der Waals surface area contributed by atoms with Crippen LogP contribution in [0.2, 0.25) is 5.02 Å². The molecule has 0 radical (unpaired) electrons. The van der Waals surface area contributed by atoms with Crippen LogP contribution in [0, 0.1) is 0 Å². The van der Waals surface area contributed by atoms with Crippen LogP contribution in [0.1, 0.15) is 30.6 Å². The Bertz CT molecular complexity index is 1150. The van der Waals surface area contributed by atoms with Crippen molar-refractivity contribution < 1.29 is 14.3 Å². The number of carbonyl (C=O) groups is 2. The lowest BCUT2D eigenvalue weighted by Crippen LogP contribution is -2.37. The lowest BCUT2D eigenvalue weighted by molar-refractivity contribution is -0.136. The molecule has 1 aromatic carbocycles. The quantitative estimate of drug-likeness (QED) is 0.640. The summed E-state index contributed by atoms with van der Waals surface area (Å²) in [6.07, 6.45) is 1.82. The SMILES string of the molecule is COC(=O)C1=C(C)N=C2SC=C(CC(=O)NCc3ccccn3)N2[C@@H]1c1cccc(Cl)c1. The van der Waals surface area contributed by atoms with Gasteiger partial charge < -0.3 is 15.0 Å². The molecule has 3 heterocycles. The van der Waals surface area contributed by atoms with Crippen LogP contribution in [0.15, 0.2) is 76.0 Å². The first kappa shape index (κ1) is 22.1.